The Morgan fingerprint density at radius 3 is 2.41 bits per heavy atom. The van der Waals surface area contributed by atoms with E-state index in [1.54, 1.807) is 0 Å². The molecule has 0 aromatic heterocycles. The van der Waals surface area contributed by atoms with E-state index in [9.17, 15) is 0 Å². The van der Waals surface area contributed by atoms with Crippen molar-refractivity contribution < 1.29 is 0 Å². The van der Waals surface area contributed by atoms with Crippen molar-refractivity contribution in [2.75, 3.05) is 0 Å². The minimum atomic E-state index is 1.21. The molecule has 0 aliphatic rings. The molecule has 0 heterocycles. The zero-order valence-electron chi connectivity index (χ0n) is 10.9. The van der Waals surface area contributed by atoms with Gasteiger partial charge in [0.15, 0.2) is 0 Å². The van der Waals surface area contributed by atoms with E-state index >= 15 is 0 Å². The van der Waals surface area contributed by atoms with E-state index in [-0.39, 0.29) is 0 Å². The van der Waals surface area contributed by atoms with Gasteiger partial charge >= 0.3 is 0 Å². The monoisotopic (exact) mass is 228 g/mol. The largest absolute Gasteiger partial charge is 0.0845 e. The first-order valence-electron chi connectivity index (χ1n) is 6.81. The van der Waals surface area contributed by atoms with Crippen molar-refractivity contribution in [3.8, 4) is 0 Å². The van der Waals surface area contributed by atoms with Crippen LogP contribution >= 0.6 is 0 Å². The van der Waals surface area contributed by atoms with E-state index < -0.39 is 0 Å². The molecule has 0 N–H and O–H groups in total. The molecule has 0 aliphatic heterocycles. The minimum Gasteiger partial charge on any atom is -0.0845 e. The third kappa shape index (κ3) is 7.57. The van der Waals surface area contributed by atoms with Crippen LogP contribution in [0.25, 0.3) is 6.08 Å². The van der Waals surface area contributed by atoms with Gasteiger partial charge in [0.05, 0.1) is 0 Å². The Morgan fingerprint density at radius 1 is 0.882 bits per heavy atom. The third-order valence-electron chi connectivity index (χ3n) is 2.81. The number of hydrogen-bond acceptors (Lipinski definition) is 0. The molecule has 0 spiro atoms. The van der Waals surface area contributed by atoms with Crippen LogP contribution < -0.4 is 0 Å². The highest BCUT2D eigenvalue weighted by Crippen LogP contribution is 2.06. The fourth-order valence-electron chi connectivity index (χ4n) is 1.77. The van der Waals surface area contributed by atoms with Gasteiger partial charge in [0.2, 0.25) is 0 Å². The molecular formula is C17H24. The quantitative estimate of drug-likeness (QED) is 0.400. The lowest BCUT2D eigenvalue weighted by Crippen LogP contribution is -1.75. The Bertz CT molecular complexity index is 319. The first kappa shape index (κ1) is 13.8. The van der Waals surface area contributed by atoms with E-state index in [1.165, 1.54) is 44.1 Å². The van der Waals surface area contributed by atoms with Crippen molar-refractivity contribution in [1.82, 2.24) is 0 Å². The summed E-state index contributed by atoms with van der Waals surface area (Å²) in [6, 6.07) is 10.4. The van der Waals surface area contributed by atoms with Gasteiger partial charge in [-0.05, 0) is 18.4 Å². The van der Waals surface area contributed by atoms with Crippen LogP contribution in [-0.2, 0) is 0 Å². The molecule has 0 bridgehead atoms. The highest BCUT2D eigenvalue weighted by molar-refractivity contribution is 5.50. The van der Waals surface area contributed by atoms with E-state index in [4.69, 9.17) is 0 Å². The normalized spacial score (nSPS) is 11.6. The summed E-state index contributed by atoms with van der Waals surface area (Å²) in [6.45, 7) is 2.26. The van der Waals surface area contributed by atoms with Gasteiger partial charge in [-0.25, -0.2) is 0 Å². The summed E-state index contributed by atoms with van der Waals surface area (Å²) in [7, 11) is 0. The number of hydrogen-bond donors (Lipinski definition) is 0. The summed E-state index contributed by atoms with van der Waals surface area (Å²) < 4.78 is 0. The lowest BCUT2D eigenvalue weighted by atomic mass is 10.1. The number of benzene rings is 1. The molecule has 0 heteroatoms. The molecule has 0 atom stereocenters. The minimum absolute atomic E-state index is 1.21. The second-order valence-electron chi connectivity index (χ2n) is 4.40. The molecule has 0 fully saturated rings. The number of rotatable bonds is 8. The topological polar surface area (TPSA) is 0 Å². The summed E-state index contributed by atoms with van der Waals surface area (Å²) in [6.07, 6.45) is 16.7. The van der Waals surface area contributed by atoms with Crippen LogP contribution in [0, 0.1) is 0 Å². The van der Waals surface area contributed by atoms with Gasteiger partial charge in [0.25, 0.3) is 0 Å². The van der Waals surface area contributed by atoms with Gasteiger partial charge in [-0.15, -0.1) is 0 Å². The Labute approximate surface area is 106 Å². The van der Waals surface area contributed by atoms with E-state index in [0.717, 1.165) is 0 Å². The van der Waals surface area contributed by atoms with Gasteiger partial charge in [-0.1, -0.05) is 87.2 Å². The van der Waals surface area contributed by atoms with Gasteiger partial charge in [-0.2, -0.15) is 0 Å². The molecule has 0 nitrogen and oxygen atoms in total. The maximum absolute atomic E-state index is 2.27. The molecule has 0 unspecified atom stereocenters. The maximum atomic E-state index is 2.27. The highest BCUT2D eigenvalue weighted by Gasteiger charge is 1.85. The van der Waals surface area contributed by atoms with Crippen molar-refractivity contribution in [2.45, 2.75) is 45.4 Å². The molecule has 0 saturated heterocycles. The zero-order chi connectivity index (χ0) is 12.2. The van der Waals surface area contributed by atoms with E-state index in [1.807, 2.05) is 6.07 Å². The lowest BCUT2D eigenvalue weighted by molar-refractivity contribution is 0.637. The van der Waals surface area contributed by atoms with Gasteiger partial charge < -0.3 is 0 Å². The van der Waals surface area contributed by atoms with Crippen molar-refractivity contribution in [3.63, 3.8) is 0 Å². The molecular weight excluding hydrogens is 204 g/mol. The SMILES string of the molecule is CCCCCCC/C=C\C=C\c1ccccc1. The number of allylic oxidation sites excluding steroid dienone is 3. The zero-order valence-corrected chi connectivity index (χ0v) is 10.9. The van der Waals surface area contributed by atoms with Gasteiger partial charge in [-0.3, -0.25) is 0 Å². The summed E-state index contributed by atoms with van der Waals surface area (Å²) in [4.78, 5) is 0. The van der Waals surface area contributed by atoms with E-state index in [0.29, 0.717) is 0 Å². The molecule has 92 valence electrons. The molecule has 1 rings (SSSR count). The molecule has 0 amide bonds. The Kier molecular flexibility index (Phi) is 8.01. The smallest absolute Gasteiger partial charge is 0.0257 e. The molecule has 1 aromatic carbocycles. The lowest BCUT2D eigenvalue weighted by Gasteiger charge is -1.95. The van der Waals surface area contributed by atoms with Crippen LogP contribution in [0.4, 0.5) is 0 Å². The highest BCUT2D eigenvalue weighted by atomic mass is 13.9. The van der Waals surface area contributed by atoms with Crippen molar-refractivity contribution >= 4 is 6.08 Å². The van der Waals surface area contributed by atoms with Crippen LogP contribution in [0.15, 0.2) is 48.6 Å². The van der Waals surface area contributed by atoms with Gasteiger partial charge in [0.1, 0.15) is 0 Å². The Balaban J connectivity index is 2.08. The molecule has 0 saturated carbocycles. The van der Waals surface area contributed by atoms with Crippen molar-refractivity contribution in [2.24, 2.45) is 0 Å². The van der Waals surface area contributed by atoms with Crippen LogP contribution in [0.2, 0.25) is 0 Å². The predicted octanol–water partition coefficient (Wildman–Crippen LogP) is 5.62. The standard InChI is InChI=1S/C17H24/c1-2-3-4-5-6-7-8-9-11-14-17-15-12-10-13-16-17/h8-16H,2-7H2,1H3/b9-8-,14-11+. The third-order valence-corrected chi connectivity index (χ3v) is 2.81. The second-order valence-corrected chi connectivity index (χ2v) is 4.40. The first-order chi connectivity index (χ1) is 8.43. The summed E-state index contributed by atoms with van der Waals surface area (Å²) in [5.74, 6) is 0. The second kappa shape index (κ2) is 9.89. The van der Waals surface area contributed by atoms with Crippen LogP contribution in [-0.4, -0.2) is 0 Å². The Morgan fingerprint density at radius 2 is 1.65 bits per heavy atom. The average Bonchev–Trinajstić information content (AvgIpc) is 2.38. The van der Waals surface area contributed by atoms with Crippen LogP contribution in [0.3, 0.4) is 0 Å². The average molecular weight is 228 g/mol. The van der Waals surface area contributed by atoms with Crippen LogP contribution in [0.1, 0.15) is 51.0 Å². The predicted molar refractivity (Wildman–Crippen MR) is 78.0 cm³/mol. The van der Waals surface area contributed by atoms with Crippen molar-refractivity contribution in [1.29, 1.82) is 0 Å². The van der Waals surface area contributed by atoms with Crippen LogP contribution in [0.5, 0.6) is 0 Å². The molecule has 0 aliphatic carbocycles. The fourth-order valence-corrected chi connectivity index (χ4v) is 1.77. The van der Waals surface area contributed by atoms with Crippen molar-refractivity contribution in [3.05, 3.63) is 54.1 Å². The molecule has 0 radical (unpaired) electrons. The maximum Gasteiger partial charge on any atom is -0.0257 e. The van der Waals surface area contributed by atoms with Gasteiger partial charge in [0, 0.05) is 0 Å². The fraction of sp³-hybridized carbons (Fsp3) is 0.412. The first-order valence-corrected chi connectivity index (χ1v) is 6.81. The molecule has 17 heavy (non-hydrogen) atoms. The van der Waals surface area contributed by atoms with E-state index in [2.05, 4.69) is 55.5 Å². The number of unbranched alkanes of at least 4 members (excludes halogenated alkanes) is 5. The summed E-state index contributed by atoms with van der Waals surface area (Å²) in [5, 5.41) is 0. The molecule has 1 aromatic rings. The summed E-state index contributed by atoms with van der Waals surface area (Å²) >= 11 is 0. The Hall–Kier alpha value is -1.30. The summed E-state index contributed by atoms with van der Waals surface area (Å²) in [5.41, 5.74) is 1.26.